The van der Waals surface area contributed by atoms with Crippen molar-refractivity contribution in [3.05, 3.63) is 126 Å². The van der Waals surface area contributed by atoms with Crippen LogP contribution in [0.15, 0.2) is 110 Å². The molecule has 0 bridgehead atoms. The smallest absolute Gasteiger partial charge is 0.233 e. The highest BCUT2D eigenvalue weighted by atomic mass is 15.1. The van der Waals surface area contributed by atoms with Crippen LogP contribution < -0.4 is 4.57 Å². The number of hydrogen-bond donors (Lipinski definition) is 0. The first-order valence-corrected chi connectivity index (χ1v) is 10.9. The molecule has 30 heavy (non-hydrogen) atoms. The van der Waals surface area contributed by atoms with Crippen molar-refractivity contribution in [1.82, 2.24) is 4.57 Å². The third kappa shape index (κ3) is 4.38. The molecule has 0 saturated heterocycles. The molecule has 0 saturated carbocycles. The Kier molecular flexibility index (Phi) is 6.13. The van der Waals surface area contributed by atoms with Crippen LogP contribution in [0.1, 0.15) is 43.0 Å². The summed E-state index contributed by atoms with van der Waals surface area (Å²) in [5.74, 6) is 0. The summed E-state index contributed by atoms with van der Waals surface area (Å²) in [6.45, 7) is 5.62. The Morgan fingerprint density at radius 1 is 0.800 bits per heavy atom. The fourth-order valence-electron chi connectivity index (χ4n) is 4.72. The molecule has 0 aliphatic rings. The quantitative estimate of drug-likeness (QED) is 0.325. The topological polar surface area (TPSA) is 8.81 Å². The van der Waals surface area contributed by atoms with Crippen molar-refractivity contribution >= 4 is 0 Å². The summed E-state index contributed by atoms with van der Waals surface area (Å²) in [7, 11) is 0. The Hall–Kier alpha value is -3.13. The number of aromatic nitrogens is 2. The summed E-state index contributed by atoms with van der Waals surface area (Å²) in [5, 5.41) is 0. The van der Waals surface area contributed by atoms with E-state index in [-0.39, 0.29) is 5.41 Å². The van der Waals surface area contributed by atoms with Crippen molar-refractivity contribution in [2.75, 3.05) is 0 Å². The second kappa shape index (κ2) is 9.13. The molecule has 0 fully saturated rings. The lowest BCUT2D eigenvalue weighted by Gasteiger charge is -2.36. The van der Waals surface area contributed by atoms with Crippen LogP contribution in [0, 0.1) is 0 Å². The minimum absolute atomic E-state index is 0.0129. The molecular formula is C28H31N2+. The van der Waals surface area contributed by atoms with Crippen LogP contribution in [0.3, 0.4) is 0 Å². The van der Waals surface area contributed by atoms with Gasteiger partial charge in [0.15, 0.2) is 0 Å². The van der Waals surface area contributed by atoms with Gasteiger partial charge in [-0.15, -0.1) is 0 Å². The Morgan fingerprint density at radius 3 is 1.97 bits per heavy atom. The van der Waals surface area contributed by atoms with Gasteiger partial charge in [-0.05, 0) is 29.5 Å². The molecule has 2 heteroatoms. The molecule has 152 valence electrons. The summed E-state index contributed by atoms with van der Waals surface area (Å²) in [4.78, 5) is 0. The first-order valence-electron chi connectivity index (χ1n) is 10.9. The highest BCUT2D eigenvalue weighted by molar-refractivity contribution is 5.30. The summed E-state index contributed by atoms with van der Waals surface area (Å²) < 4.78 is 4.70. The summed E-state index contributed by atoms with van der Waals surface area (Å²) in [6.07, 6.45) is 8.78. The van der Waals surface area contributed by atoms with Crippen LogP contribution in [-0.4, -0.2) is 4.57 Å². The summed E-state index contributed by atoms with van der Waals surface area (Å²) >= 11 is 0. The lowest BCUT2D eigenvalue weighted by molar-refractivity contribution is -0.688. The van der Waals surface area contributed by atoms with Gasteiger partial charge >= 0.3 is 0 Å². The van der Waals surface area contributed by atoms with Gasteiger partial charge in [0, 0.05) is 5.41 Å². The van der Waals surface area contributed by atoms with E-state index in [1.807, 2.05) is 0 Å². The second-order valence-corrected chi connectivity index (χ2v) is 8.39. The maximum absolute atomic E-state index is 2.42. The van der Waals surface area contributed by atoms with E-state index >= 15 is 0 Å². The predicted molar refractivity (Wildman–Crippen MR) is 123 cm³/mol. The first-order chi connectivity index (χ1) is 14.7. The highest BCUT2D eigenvalue weighted by Gasteiger charge is 2.39. The number of rotatable bonds is 8. The maximum Gasteiger partial charge on any atom is 0.244 e. The van der Waals surface area contributed by atoms with E-state index in [4.69, 9.17) is 0 Å². The van der Waals surface area contributed by atoms with Gasteiger partial charge in [0.1, 0.15) is 25.0 Å². The maximum atomic E-state index is 2.42. The minimum Gasteiger partial charge on any atom is -0.233 e. The zero-order chi connectivity index (χ0) is 20.8. The average molecular weight is 396 g/mol. The molecule has 2 unspecified atom stereocenters. The van der Waals surface area contributed by atoms with Crippen LogP contribution in [-0.2, 0) is 18.4 Å². The zero-order valence-electron chi connectivity index (χ0n) is 18.0. The number of hydrogen-bond acceptors (Lipinski definition) is 0. The van der Waals surface area contributed by atoms with Gasteiger partial charge in [-0.2, -0.15) is 0 Å². The minimum atomic E-state index is -0.0129. The molecule has 0 aliphatic carbocycles. The van der Waals surface area contributed by atoms with Crippen molar-refractivity contribution in [2.24, 2.45) is 0 Å². The molecule has 0 amide bonds. The second-order valence-electron chi connectivity index (χ2n) is 8.39. The van der Waals surface area contributed by atoms with Crippen LogP contribution >= 0.6 is 0 Å². The Bertz CT molecular complexity index is 1040. The molecule has 0 radical (unpaired) electrons. The van der Waals surface area contributed by atoms with Gasteiger partial charge in [-0.3, -0.25) is 0 Å². The van der Waals surface area contributed by atoms with Crippen molar-refractivity contribution in [3.63, 3.8) is 0 Å². The molecule has 0 N–H and O–H groups in total. The average Bonchev–Trinajstić information content (AvgIpc) is 3.24. The summed E-state index contributed by atoms with van der Waals surface area (Å²) in [5.41, 5.74) is 4.08. The van der Waals surface area contributed by atoms with Crippen molar-refractivity contribution in [1.29, 1.82) is 0 Å². The predicted octanol–water partition coefficient (Wildman–Crippen LogP) is 5.98. The van der Waals surface area contributed by atoms with Crippen molar-refractivity contribution in [3.8, 4) is 0 Å². The zero-order valence-corrected chi connectivity index (χ0v) is 18.0. The summed E-state index contributed by atoms with van der Waals surface area (Å²) in [6, 6.07) is 32.9. The number of imidazole rings is 1. The fourth-order valence-corrected chi connectivity index (χ4v) is 4.72. The molecule has 1 aromatic heterocycles. The standard InChI is InChI=1S/C28H31N2/c1-3-27(30-20-19-29(23-30)22-25-15-9-5-10-16-25)28(2,26-17-11-6-12-18-26)21-24-13-7-4-8-14-24/h4-20,23,27H,3,21-22H2,1-2H3/q+1. The van der Waals surface area contributed by atoms with E-state index in [0.717, 1.165) is 19.4 Å². The first kappa shape index (κ1) is 20.2. The van der Waals surface area contributed by atoms with Gasteiger partial charge in [-0.25, -0.2) is 9.13 Å². The monoisotopic (exact) mass is 395 g/mol. The van der Waals surface area contributed by atoms with E-state index in [1.54, 1.807) is 0 Å². The third-order valence-corrected chi connectivity index (χ3v) is 6.25. The SMILES string of the molecule is CCC(n1cc[n+](Cc2ccccc2)c1)C(C)(Cc1ccccc1)c1ccccc1. The molecule has 1 heterocycles. The lowest BCUT2D eigenvalue weighted by Crippen LogP contribution is -2.37. The van der Waals surface area contributed by atoms with E-state index in [0.29, 0.717) is 6.04 Å². The Morgan fingerprint density at radius 2 is 1.37 bits per heavy atom. The van der Waals surface area contributed by atoms with Gasteiger partial charge < -0.3 is 0 Å². The van der Waals surface area contributed by atoms with Crippen LogP contribution in [0.4, 0.5) is 0 Å². The molecule has 2 atom stereocenters. The van der Waals surface area contributed by atoms with E-state index in [2.05, 4.69) is 133 Å². The lowest BCUT2D eigenvalue weighted by atomic mass is 9.70. The normalized spacial score (nSPS) is 14.2. The van der Waals surface area contributed by atoms with Crippen LogP contribution in [0.25, 0.3) is 0 Å². The Balaban J connectivity index is 1.68. The number of nitrogens with zero attached hydrogens (tertiary/aromatic N) is 2. The van der Waals surface area contributed by atoms with E-state index in [1.165, 1.54) is 16.7 Å². The molecule has 4 aromatic rings. The van der Waals surface area contributed by atoms with Crippen molar-refractivity contribution in [2.45, 2.75) is 44.7 Å². The van der Waals surface area contributed by atoms with Gasteiger partial charge in [-0.1, -0.05) is 105 Å². The molecule has 2 nitrogen and oxygen atoms in total. The van der Waals surface area contributed by atoms with Crippen molar-refractivity contribution < 1.29 is 4.57 Å². The largest absolute Gasteiger partial charge is 0.244 e. The number of benzene rings is 3. The van der Waals surface area contributed by atoms with Gasteiger partial charge in [0.25, 0.3) is 0 Å². The van der Waals surface area contributed by atoms with E-state index < -0.39 is 0 Å². The molecule has 3 aromatic carbocycles. The van der Waals surface area contributed by atoms with E-state index in [9.17, 15) is 0 Å². The van der Waals surface area contributed by atoms with Crippen LogP contribution in [0.2, 0.25) is 0 Å². The van der Waals surface area contributed by atoms with Crippen LogP contribution in [0.5, 0.6) is 0 Å². The third-order valence-electron chi connectivity index (χ3n) is 6.25. The highest BCUT2D eigenvalue weighted by Crippen LogP contribution is 2.40. The van der Waals surface area contributed by atoms with Gasteiger partial charge in [0.2, 0.25) is 6.33 Å². The Labute approximate surface area is 180 Å². The van der Waals surface area contributed by atoms with Gasteiger partial charge in [0.05, 0.1) is 0 Å². The fraction of sp³-hybridized carbons (Fsp3) is 0.250. The molecule has 0 spiro atoms. The molecule has 0 aliphatic heterocycles. The molecule has 4 rings (SSSR count). The molecular weight excluding hydrogens is 364 g/mol.